The van der Waals surface area contributed by atoms with Gasteiger partial charge in [0.1, 0.15) is 0 Å². The first-order valence-corrected chi connectivity index (χ1v) is 3.29. The van der Waals surface area contributed by atoms with E-state index in [-0.39, 0.29) is 0 Å². The van der Waals surface area contributed by atoms with E-state index in [2.05, 4.69) is 10.1 Å². The van der Waals surface area contributed by atoms with Crippen molar-refractivity contribution in [2.24, 2.45) is 7.05 Å². The van der Waals surface area contributed by atoms with Gasteiger partial charge < -0.3 is 0 Å². The van der Waals surface area contributed by atoms with Crippen molar-refractivity contribution in [3.63, 3.8) is 0 Å². The van der Waals surface area contributed by atoms with Gasteiger partial charge in [0, 0.05) is 7.05 Å². The molecule has 0 amide bonds. The molecule has 0 unspecified atom stereocenters. The molecule has 14 heavy (non-hydrogen) atoms. The lowest BCUT2D eigenvalue weighted by Gasteiger charge is -2.07. The van der Waals surface area contributed by atoms with Gasteiger partial charge in [-0.25, -0.2) is 10.2 Å². The molecular weight excluding hydrogens is 205 g/mol. The lowest BCUT2D eigenvalue weighted by molar-refractivity contribution is -0.146. The Bertz CT molecular complexity index is 399. The van der Waals surface area contributed by atoms with Crippen molar-refractivity contribution < 1.29 is 18.4 Å². The highest BCUT2D eigenvalue weighted by Crippen LogP contribution is 2.25. The highest BCUT2D eigenvalue weighted by atomic mass is 19.4. The van der Waals surface area contributed by atoms with E-state index < -0.39 is 23.4 Å². The van der Waals surface area contributed by atoms with Crippen LogP contribution < -0.4 is 11.0 Å². The van der Waals surface area contributed by atoms with Crippen molar-refractivity contribution in [2.75, 3.05) is 5.48 Å². The molecular formula is C5H5F3N4O2. The molecule has 0 spiro atoms. The Kier molecular flexibility index (Phi) is 2.43. The summed E-state index contributed by atoms with van der Waals surface area (Å²) < 4.78 is 36.6. The van der Waals surface area contributed by atoms with Gasteiger partial charge in [0.2, 0.25) is 5.82 Å². The summed E-state index contributed by atoms with van der Waals surface area (Å²) in [5.41, 5.74) is 0.306. The number of hydrogen-bond acceptors (Lipinski definition) is 5. The molecule has 1 aromatic rings. The minimum atomic E-state index is -4.77. The SMILES string of the molecule is Cn1nc(C(F)(F)F)nc(NO)c1=O. The van der Waals surface area contributed by atoms with Crippen LogP contribution in [0.1, 0.15) is 5.82 Å². The number of nitrogens with zero attached hydrogens (tertiary/aromatic N) is 3. The fourth-order valence-corrected chi connectivity index (χ4v) is 0.710. The van der Waals surface area contributed by atoms with Gasteiger partial charge in [0.25, 0.3) is 5.82 Å². The maximum atomic E-state index is 12.1. The summed E-state index contributed by atoms with van der Waals surface area (Å²) in [7, 11) is 1.01. The number of aromatic nitrogens is 3. The van der Waals surface area contributed by atoms with Crippen LogP contribution in [0.2, 0.25) is 0 Å². The van der Waals surface area contributed by atoms with E-state index >= 15 is 0 Å². The first-order chi connectivity index (χ1) is 6.36. The topological polar surface area (TPSA) is 80.0 Å². The highest BCUT2D eigenvalue weighted by molar-refractivity contribution is 5.27. The van der Waals surface area contributed by atoms with Crippen molar-refractivity contribution in [3.05, 3.63) is 16.2 Å². The molecule has 0 atom stereocenters. The van der Waals surface area contributed by atoms with Gasteiger partial charge in [-0.1, -0.05) is 0 Å². The van der Waals surface area contributed by atoms with Crippen LogP contribution in [0.4, 0.5) is 19.0 Å². The van der Waals surface area contributed by atoms with Gasteiger partial charge in [0.05, 0.1) is 0 Å². The van der Waals surface area contributed by atoms with Crippen molar-refractivity contribution in [1.82, 2.24) is 14.8 Å². The molecule has 0 aliphatic heterocycles. The molecule has 0 aliphatic carbocycles. The Morgan fingerprint density at radius 3 is 2.50 bits per heavy atom. The van der Waals surface area contributed by atoms with Crippen molar-refractivity contribution in [1.29, 1.82) is 0 Å². The molecule has 0 bridgehead atoms. The zero-order valence-electron chi connectivity index (χ0n) is 6.83. The van der Waals surface area contributed by atoms with Crippen LogP contribution >= 0.6 is 0 Å². The third kappa shape index (κ3) is 1.82. The molecule has 0 saturated heterocycles. The maximum absolute atomic E-state index is 12.1. The first-order valence-electron chi connectivity index (χ1n) is 3.29. The highest BCUT2D eigenvalue weighted by Gasteiger charge is 2.36. The number of nitrogens with one attached hydrogen (secondary N) is 1. The van der Waals surface area contributed by atoms with E-state index in [0.717, 1.165) is 7.05 Å². The fourth-order valence-electron chi connectivity index (χ4n) is 0.710. The van der Waals surface area contributed by atoms with Crippen molar-refractivity contribution in [3.8, 4) is 0 Å². The van der Waals surface area contributed by atoms with Gasteiger partial charge >= 0.3 is 11.7 Å². The fraction of sp³-hybridized carbons (Fsp3) is 0.400. The third-order valence-corrected chi connectivity index (χ3v) is 1.32. The van der Waals surface area contributed by atoms with E-state index in [1.54, 1.807) is 0 Å². The standard InChI is InChI=1S/C5H5F3N4O2/c1-12-3(13)2(11-14)9-4(10-12)5(6,7)8/h14H,1H3,(H,9,10,11). The Balaban J connectivity index is 3.38. The van der Waals surface area contributed by atoms with Gasteiger partial charge in [-0.15, -0.1) is 5.10 Å². The molecule has 9 heteroatoms. The van der Waals surface area contributed by atoms with Gasteiger partial charge in [-0.3, -0.25) is 10.0 Å². The van der Waals surface area contributed by atoms with Crippen molar-refractivity contribution >= 4 is 5.82 Å². The first kappa shape index (κ1) is 10.4. The second kappa shape index (κ2) is 3.25. The molecule has 0 radical (unpaired) electrons. The molecule has 2 N–H and O–H groups in total. The molecule has 6 nitrogen and oxygen atoms in total. The van der Waals surface area contributed by atoms with Crippen LogP contribution in [0.25, 0.3) is 0 Å². The lowest BCUT2D eigenvalue weighted by atomic mass is 10.6. The quantitative estimate of drug-likeness (QED) is 0.637. The Morgan fingerprint density at radius 2 is 2.07 bits per heavy atom. The normalized spacial score (nSPS) is 11.5. The minimum absolute atomic E-state index is 0.425. The van der Waals surface area contributed by atoms with E-state index in [1.807, 2.05) is 0 Å². The maximum Gasteiger partial charge on any atom is 0.453 e. The Labute approximate surface area is 75.0 Å². The predicted molar refractivity (Wildman–Crippen MR) is 37.7 cm³/mol. The average Bonchev–Trinajstić information content (AvgIpc) is 2.07. The smallest absolute Gasteiger partial charge is 0.290 e. The summed E-state index contributed by atoms with van der Waals surface area (Å²) in [6.07, 6.45) is -4.77. The number of anilines is 1. The molecule has 1 rings (SSSR count). The van der Waals surface area contributed by atoms with E-state index in [1.165, 1.54) is 5.48 Å². The van der Waals surface area contributed by atoms with Gasteiger partial charge in [-0.05, 0) is 0 Å². The second-order valence-corrected chi connectivity index (χ2v) is 2.32. The number of halogens is 3. The molecule has 1 heterocycles. The molecule has 0 fully saturated rings. The molecule has 0 aromatic carbocycles. The Hall–Kier alpha value is -1.64. The van der Waals surface area contributed by atoms with E-state index in [4.69, 9.17) is 5.21 Å². The summed E-state index contributed by atoms with van der Waals surface area (Å²) >= 11 is 0. The molecule has 0 saturated carbocycles. The van der Waals surface area contributed by atoms with Crippen LogP contribution in [-0.2, 0) is 13.2 Å². The lowest BCUT2D eigenvalue weighted by Crippen LogP contribution is -2.28. The van der Waals surface area contributed by atoms with Gasteiger partial charge in [-0.2, -0.15) is 18.2 Å². The summed E-state index contributed by atoms with van der Waals surface area (Å²) in [6.45, 7) is 0. The monoisotopic (exact) mass is 210 g/mol. The molecule has 1 aromatic heterocycles. The van der Waals surface area contributed by atoms with Crippen molar-refractivity contribution in [2.45, 2.75) is 6.18 Å². The number of hydrogen-bond donors (Lipinski definition) is 2. The zero-order valence-corrected chi connectivity index (χ0v) is 6.83. The van der Waals surface area contributed by atoms with Crippen LogP contribution in [0.15, 0.2) is 4.79 Å². The van der Waals surface area contributed by atoms with Crippen LogP contribution in [-0.4, -0.2) is 20.0 Å². The largest absolute Gasteiger partial charge is 0.453 e. The zero-order chi connectivity index (χ0) is 10.9. The third-order valence-electron chi connectivity index (χ3n) is 1.32. The Morgan fingerprint density at radius 1 is 1.50 bits per heavy atom. The van der Waals surface area contributed by atoms with E-state index in [0.29, 0.717) is 4.68 Å². The van der Waals surface area contributed by atoms with E-state index in [9.17, 15) is 18.0 Å². The van der Waals surface area contributed by atoms with Crippen LogP contribution in [0.5, 0.6) is 0 Å². The average molecular weight is 210 g/mol. The molecule has 78 valence electrons. The predicted octanol–water partition coefficient (Wildman–Crippen LogP) is -0.00480. The summed E-state index contributed by atoms with van der Waals surface area (Å²) in [5, 5.41) is 11.2. The van der Waals surface area contributed by atoms with Crippen LogP contribution in [0, 0.1) is 0 Å². The molecule has 0 aliphatic rings. The summed E-state index contributed by atoms with van der Waals surface area (Å²) in [6, 6.07) is 0. The summed E-state index contributed by atoms with van der Waals surface area (Å²) in [5.74, 6) is -2.33. The minimum Gasteiger partial charge on any atom is -0.290 e. The second-order valence-electron chi connectivity index (χ2n) is 2.32. The number of aryl methyl sites for hydroxylation is 1. The summed E-state index contributed by atoms with van der Waals surface area (Å²) in [4.78, 5) is 13.7. The number of alkyl halides is 3. The van der Waals surface area contributed by atoms with Crippen LogP contribution in [0.3, 0.4) is 0 Å². The number of rotatable bonds is 1. The van der Waals surface area contributed by atoms with Gasteiger partial charge in [0.15, 0.2) is 0 Å².